The maximum absolute atomic E-state index is 13.6. The summed E-state index contributed by atoms with van der Waals surface area (Å²) in [6, 6.07) is 13.0. The fourth-order valence-electron chi connectivity index (χ4n) is 3.81. The summed E-state index contributed by atoms with van der Waals surface area (Å²) in [4.78, 5) is 42.4. The average Bonchev–Trinajstić information content (AvgIpc) is 3.11. The van der Waals surface area contributed by atoms with Gasteiger partial charge in [-0.1, -0.05) is 47.2 Å². The van der Waals surface area contributed by atoms with Crippen LogP contribution in [-0.2, 0) is 14.3 Å². The lowest BCUT2D eigenvalue weighted by Gasteiger charge is -2.25. The van der Waals surface area contributed by atoms with E-state index in [1.54, 1.807) is 69.3 Å². The Morgan fingerprint density at radius 1 is 1.22 bits per heavy atom. The number of rotatable bonds is 7. The number of benzene rings is 2. The van der Waals surface area contributed by atoms with Crippen molar-refractivity contribution in [1.82, 2.24) is 4.57 Å². The van der Waals surface area contributed by atoms with Crippen LogP contribution in [0.1, 0.15) is 37.9 Å². The summed E-state index contributed by atoms with van der Waals surface area (Å²) >= 11 is 7.46. The number of carboxylic acid groups (broad SMARTS) is 1. The van der Waals surface area contributed by atoms with E-state index in [1.165, 1.54) is 15.9 Å². The summed E-state index contributed by atoms with van der Waals surface area (Å²) in [5.74, 6) is -1.20. The van der Waals surface area contributed by atoms with E-state index in [2.05, 4.69) is 4.99 Å². The van der Waals surface area contributed by atoms with E-state index >= 15 is 0 Å². The van der Waals surface area contributed by atoms with Gasteiger partial charge in [-0.2, -0.15) is 0 Å². The van der Waals surface area contributed by atoms with Crippen LogP contribution in [0.5, 0.6) is 5.75 Å². The molecule has 2 heterocycles. The Morgan fingerprint density at radius 2 is 1.94 bits per heavy atom. The standard InChI is InChI=1S/C26H23ClN2O6S/c1-14(2)35-25(33)22-15(3)28-26-29(23(22)17-5-4-6-18(27)12-17)24(32)20(36-26)11-16-7-9-19(10-8-16)34-13-21(30)31/h4-12,14,23H,13H2,1-3H3,(H,30,31)/b20-11-. The maximum Gasteiger partial charge on any atom is 0.341 e. The van der Waals surface area contributed by atoms with Gasteiger partial charge in [-0.15, -0.1) is 0 Å². The van der Waals surface area contributed by atoms with Crippen LogP contribution in [0, 0.1) is 0 Å². The number of allylic oxidation sites excluding steroid dienone is 1. The highest BCUT2D eigenvalue weighted by molar-refractivity contribution is 7.07. The van der Waals surface area contributed by atoms with Crippen molar-refractivity contribution in [1.29, 1.82) is 0 Å². The monoisotopic (exact) mass is 526 g/mol. The Hall–Kier alpha value is -3.69. The van der Waals surface area contributed by atoms with Gasteiger partial charge >= 0.3 is 11.9 Å². The van der Waals surface area contributed by atoms with E-state index < -0.39 is 24.6 Å². The van der Waals surface area contributed by atoms with Gasteiger partial charge < -0.3 is 14.6 Å². The van der Waals surface area contributed by atoms with Crippen molar-refractivity contribution >= 4 is 41.0 Å². The first-order valence-electron chi connectivity index (χ1n) is 11.1. The summed E-state index contributed by atoms with van der Waals surface area (Å²) in [6.07, 6.45) is 1.37. The minimum atomic E-state index is -1.07. The normalized spacial score (nSPS) is 15.5. The lowest BCUT2D eigenvalue weighted by molar-refractivity contribution is -0.143. The molecule has 1 unspecified atom stereocenters. The molecule has 3 aromatic rings. The van der Waals surface area contributed by atoms with Crippen LogP contribution < -0.4 is 19.6 Å². The largest absolute Gasteiger partial charge is 0.482 e. The van der Waals surface area contributed by atoms with Crippen LogP contribution in [0.3, 0.4) is 0 Å². The highest BCUT2D eigenvalue weighted by Gasteiger charge is 2.33. The Bertz CT molecular complexity index is 1540. The molecule has 36 heavy (non-hydrogen) atoms. The number of nitrogens with zero attached hydrogens (tertiary/aromatic N) is 2. The molecule has 0 radical (unpaired) electrons. The SMILES string of the molecule is CC1=C(C(=O)OC(C)C)C(c2cccc(Cl)c2)n2c(s/c(=C\c3ccc(OCC(=O)O)cc3)c2=O)=N1. The third-order valence-corrected chi connectivity index (χ3v) is 6.51. The molecule has 0 saturated heterocycles. The number of hydrogen-bond acceptors (Lipinski definition) is 7. The molecule has 2 aromatic carbocycles. The Balaban J connectivity index is 1.82. The molecule has 1 atom stereocenters. The topological polar surface area (TPSA) is 107 Å². The van der Waals surface area contributed by atoms with Crippen LogP contribution in [-0.4, -0.2) is 34.3 Å². The van der Waals surface area contributed by atoms with Gasteiger partial charge in [0.15, 0.2) is 11.4 Å². The van der Waals surface area contributed by atoms with Crippen LogP contribution in [0.4, 0.5) is 0 Å². The number of carbonyl (C=O) groups excluding carboxylic acids is 1. The van der Waals surface area contributed by atoms with Crippen molar-refractivity contribution in [3.8, 4) is 5.75 Å². The molecule has 1 aliphatic rings. The summed E-state index contributed by atoms with van der Waals surface area (Å²) < 4.78 is 12.6. The highest BCUT2D eigenvalue weighted by atomic mass is 35.5. The van der Waals surface area contributed by atoms with E-state index in [0.717, 1.165) is 5.56 Å². The van der Waals surface area contributed by atoms with Crippen LogP contribution in [0.2, 0.25) is 5.02 Å². The molecule has 0 spiro atoms. The number of aliphatic carboxylic acids is 1. The molecule has 1 N–H and O–H groups in total. The molecule has 8 nitrogen and oxygen atoms in total. The van der Waals surface area contributed by atoms with E-state index in [4.69, 9.17) is 26.2 Å². The van der Waals surface area contributed by atoms with Crippen molar-refractivity contribution < 1.29 is 24.2 Å². The molecule has 0 saturated carbocycles. The first-order chi connectivity index (χ1) is 17.1. The maximum atomic E-state index is 13.6. The number of carbonyl (C=O) groups is 2. The average molecular weight is 527 g/mol. The van der Waals surface area contributed by atoms with E-state index in [1.807, 2.05) is 6.07 Å². The number of aromatic nitrogens is 1. The Morgan fingerprint density at radius 3 is 2.58 bits per heavy atom. The number of halogens is 1. The molecule has 0 aliphatic carbocycles. The molecule has 10 heteroatoms. The van der Waals surface area contributed by atoms with Crippen molar-refractivity contribution in [2.75, 3.05) is 6.61 Å². The van der Waals surface area contributed by atoms with Gasteiger partial charge in [0.1, 0.15) is 5.75 Å². The van der Waals surface area contributed by atoms with Crippen molar-refractivity contribution in [3.63, 3.8) is 0 Å². The third kappa shape index (κ3) is 5.42. The van der Waals surface area contributed by atoms with Gasteiger partial charge in [-0.25, -0.2) is 14.6 Å². The second-order valence-corrected chi connectivity index (χ2v) is 9.79. The number of esters is 1. The lowest BCUT2D eigenvalue weighted by Crippen LogP contribution is -2.40. The molecule has 0 fully saturated rings. The van der Waals surface area contributed by atoms with Gasteiger partial charge in [0.2, 0.25) is 0 Å². The quantitative estimate of drug-likeness (QED) is 0.473. The number of fused-ring (bicyclic) bond motifs is 1. The minimum absolute atomic E-state index is 0.282. The molecule has 1 aromatic heterocycles. The van der Waals surface area contributed by atoms with Crippen molar-refractivity contribution in [3.05, 3.63) is 95.6 Å². The van der Waals surface area contributed by atoms with Gasteiger partial charge in [0.05, 0.1) is 27.9 Å². The molecular weight excluding hydrogens is 504 g/mol. The van der Waals surface area contributed by atoms with E-state index in [9.17, 15) is 14.4 Å². The zero-order chi connectivity index (χ0) is 26.0. The van der Waals surface area contributed by atoms with Crippen LogP contribution in [0.25, 0.3) is 6.08 Å². The zero-order valence-corrected chi connectivity index (χ0v) is 21.3. The molecule has 1 aliphatic heterocycles. The Labute approximate surface area is 215 Å². The molecule has 0 amide bonds. The van der Waals surface area contributed by atoms with E-state index in [-0.39, 0.29) is 17.2 Å². The second-order valence-electron chi connectivity index (χ2n) is 8.34. The third-order valence-electron chi connectivity index (χ3n) is 5.29. The fourth-order valence-corrected chi connectivity index (χ4v) is 5.05. The number of carboxylic acids is 1. The smallest absolute Gasteiger partial charge is 0.341 e. The van der Waals surface area contributed by atoms with Crippen molar-refractivity contribution in [2.45, 2.75) is 32.9 Å². The predicted molar refractivity (Wildman–Crippen MR) is 136 cm³/mol. The molecular formula is C26H23ClN2O6S. The molecule has 0 bridgehead atoms. The molecule has 186 valence electrons. The van der Waals surface area contributed by atoms with Crippen LogP contribution >= 0.6 is 22.9 Å². The number of hydrogen-bond donors (Lipinski definition) is 1. The van der Waals surface area contributed by atoms with E-state index in [0.29, 0.717) is 31.4 Å². The second kappa shape index (κ2) is 10.5. The first-order valence-corrected chi connectivity index (χ1v) is 12.3. The van der Waals surface area contributed by atoms with Crippen molar-refractivity contribution in [2.24, 2.45) is 4.99 Å². The molecule has 4 rings (SSSR count). The lowest BCUT2D eigenvalue weighted by atomic mass is 9.96. The van der Waals surface area contributed by atoms with Gasteiger partial charge in [-0.3, -0.25) is 9.36 Å². The zero-order valence-electron chi connectivity index (χ0n) is 19.7. The van der Waals surface area contributed by atoms with Gasteiger partial charge in [0, 0.05) is 5.02 Å². The predicted octanol–water partition coefficient (Wildman–Crippen LogP) is 3.30. The van der Waals surface area contributed by atoms with Gasteiger partial charge in [0.25, 0.3) is 5.56 Å². The Kier molecular flexibility index (Phi) is 7.42. The van der Waals surface area contributed by atoms with Gasteiger partial charge in [-0.05, 0) is 62.2 Å². The summed E-state index contributed by atoms with van der Waals surface area (Å²) in [7, 11) is 0. The van der Waals surface area contributed by atoms with Crippen LogP contribution in [0.15, 0.2) is 69.6 Å². The minimum Gasteiger partial charge on any atom is -0.482 e. The first kappa shape index (κ1) is 25.4. The fraction of sp³-hybridized carbons (Fsp3) is 0.231. The summed E-state index contributed by atoms with van der Waals surface area (Å²) in [6.45, 7) is 4.80. The number of thiazole rings is 1. The number of ether oxygens (including phenoxy) is 2. The summed E-state index contributed by atoms with van der Waals surface area (Å²) in [5, 5.41) is 9.23. The summed E-state index contributed by atoms with van der Waals surface area (Å²) in [5.41, 5.74) is 1.83. The highest BCUT2D eigenvalue weighted by Crippen LogP contribution is 2.32.